The van der Waals surface area contributed by atoms with Gasteiger partial charge in [0.2, 0.25) is 0 Å². The fourth-order valence-corrected chi connectivity index (χ4v) is 3.52. The SMILES string of the molecule is CCCCCCCCC=C[C@]1(C)OO[C@@H]2C[C@H]1CC(=O)[C@@H]2C. The van der Waals surface area contributed by atoms with Gasteiger partial charge in [0, 0.05) is 18.3 Å². The Morgan fingerprint density at radius 2 is 1.95 bits per heavy atom. The van der Waals surface area contributed by atoms with Crippen molar-refractivity contribution in [3.05, 3.63) is 12.2 Å². The molecule has 1 saturated heterocycles. The van der Waals surface area contributed by atoms with E-state index in [2.05, 4.69) is 26.0 Å². The molecule has 1 aliphatic heterocycles. The normalized spacial score (nSPS) is 35.2. The molecular weight excluding hydrogens is 276 g/mol. The highest BCUT2D eigenvalue weighted by atomic mass is 17.2. The number of fused-ring (bicyclic) bond motifs is 2. The van der Waals surface area contributed by atoms with E-state index in [1.807, 2.05) is 6.92 Å². The molecule has 2 aliphatic rings. The summed E-state index contributed by atoms with van der Waals surface area (Å²) in [6.07, 6.45) is 14.8. The summed E-state index contributed by atoms with van der Waals surface area (Å²) in [4.78, 5) is 23.2. The van der Waals surface area contributed by atoms with Gasteiger partial charge in [0.05, 0.1) is 0 Å². The molecule has 22 heavy (non-hydrogen) atoms. The van der Waals surface area contributed by atoms with Crippen molar-refractivity contribution < 1.29 is 14.6 Å². The molecule has 2 rings (SSSR count). The van der Waals surface area contributed by atoms with Crippen LogP contribution in [0.5, 0.6) is 0 Å². The number of carbonyl (C=O) groups excluding carboxylic acids is 1. The van der Waals surface area contributed by atoms with Crippen LogP contribution in [0.25, 0.3) is 0 Å². The van der Waals surface area contributed by atoms with Crippen LogP contribution in [-0.2, 0) is 14.6 Å². The van der Waals surface area contributed by atoms with Crippen LogP contribution < -0.4 is 0 Å². The maximum absolute atomic E-state index is 12.0. The number of hydrogen-bond donors (Lipinski definition) is 0. The van der Waals surface area contributed by atoms with Gasteiger partial charge in [-0.1, -0.05) is 58.1 Å². The van der Waals surface area contributed by atoms with Crippen LogP contribution in [0, 0.1) is 11.8 Å². The highest BCUT2D eigenvalue weighted by molar-refractivity contribution is 5.82. The van der Waals surface area contributed by atoms with E-state index in [-0.39, 0.29) is 17.9 Å². The topological polar surface area (TPSA) is 35.5 Å². The number of unbranched alkanes of at least 4 members (excludes halogenated alkanes) is 6. The molecule has 3 heteroatoms. The standard InChI is InChI=1S/C19H32O3/c1-4-5-6-7-8-9-10-11-12-19(3)16-13-17(20)15(2)18(14-16)21-22-19/h11-12,15-16,18H,4-10,13-14H2,1-3H3/t15-,16+,18+,19-/m0/s1. The first kappa shape index (κ1) is 17.7. The van der Waals surface area contributed by atoms with Crippen LogP contribution in [0.3, 0.4) is 0 Å². The van der Waals surface area contributed by atoms with Crippen molar-refractivity contribution in [1.29, 1.82) is 0 Å². The van der Waals surface area contributed by atoms with Crippen molar-refractivity contribution >= 4 is 5.78 Å². The monoisotopic (exact) mass is 308 g/mol. The zero-order valence-corrected chi connectivity index (χ0v) is 14.5. The average molecular weight is 308 g/mol. The van der Waals surface area contributed by atoms with Gasteiger partial charge in [-0.25, -0.2) is 9.78 Å². The summed E-state index contributed by atoms with van der Waals surface area (Å²) in [5, 5.41) is 0. The quantitative estimate of drug-likeness (QED) is 0.360. The molecule has 2 fully saturated rings. The fraction of sp³-hybridized carbons (Fsp3) is 0.842. The lowest BCUT2D eigenvalue weighted by molar-refractivity contribution is -0.415. The molecule has 3 nitrogen and oxygen atoms in total. The number of hydrogen-bond acceptors (Lipinski definition) is 3. The Kier molecular flexibility index (Phi) is 6.64. The zero-order chi connectivity index (χ0) is 16.0. The lowest BCUT2D eigenvalue weighted by atomic mass is 9.71. The van der Waals surface area contributed by atoms with Crippen LogP contribution in [0.2, 0.25) is 0 Å². The second-order valence-electron chi connectivity index (χ2n) is 7.25. The molecule has 0 aromatic rings. The van der Waals surface area contributed by atoms with Crippen molar-refractivity contribution in [3.63, 3.8) is 0 Å². The smallest absolute Gasteiger partial charge is 0.138 e. The number of rotatable bonds is 8. The lowest BCUT2D eigenvalue weighted by Crippen LogP contribution is -2.52. The van der Waals surface area contributed by atoms with Crippen LogP contribution in [0.1, 0.15) is 78.6 Å². The first-order valence-corrected chi connectivity index (χ1v) is 9.11. The maximum atomic E-state index is 12.0. The average Bonchev–Trinajstić information content (AvgIpc) is 2.51. The van der Waals surface area contributed by atoms with Crippen molar-refractivity contribution in [3.8, 4) is 0 Å². The van der Waals surface area contributed by atoms with E-state index in [0.717, 1.165) is 12.8 Å². The highest BCUT2D eigenvalue weighted by Gasteiger charge is 2.48. The molecule has 0 spiro atoms. The molecule has 0 amide bonds. The molecule has 0 aromatic carbocycles. The van der Waals surface area contributed by atoms with Crippen molar-refractivity contribution in [2.75, 3.05) is 0 Å². The van der Waals surface area contributed by atoms with Gasteiger partial charge in [0.15, 0.2) is 0 Å². The number of allylic oxidation sites excluding steroid dienone is 1. The molecule has 1 heterocycles. The van der Waals surface area contributed by atoms with E-state index < -0.39 is 5.60 Å². The minimum absolute atomic E-state index is 0.0205. The lowest BCUT2D eigenvalue weighted by Gasteiger charge is -2.45. The Morgan fingerprint density at radius 3 is 2.73 bits per heavy atom. The van der Waals surface area contributed by atoms with Gasteiger partial charge < -0.3 is 0 Å². The Morgan fingerprint density at radius 1 is 1.23 bits per heavy atom. The molecule has 0 unspecified atom stereocenters. The van der Waals surface area contributed by atoms with E-state index in [1.165, 1.54) is 38.5 Å². The predicted molar refractivity (Wildman–Crippen MR) is 88.4 cm³/mol. The number of carbonyl (C=O) groups is 1. The molecule has 126 valence electrons. The zero-order valence-electron chi connectivity index (χ0n) is 14.5. The Balaban J connectivity index is 1.74. The molecule has 0 radical (unpaired) electrons. The summed E-state index contributed by atoms with van der Waals surface area (Å²) >= 11 is 0. The number of Topliss-reactive ketones (excluding diaryl/α,β-unsaturated/α-hetero) is 1. The van der Waals surface area contributed by atoms with Crippen LogP contribution >= 0.6 is 0 Å². The Bertz CT molecular complexity index is 390. The van der Waals surface area contributed by atoms with Crippen LogP contribution in [-0.4, -0.2) is 17.5 Å². The van der Waals surface area contributed by atoms with Gasteiger partial charge in [0.1, 0.15) is 17.5 Å². The molecule has 2 bridgehead atoms. The summed E-state index contributed by atoms with van der Waals surface area (Å²) in [6.45, 7) is 6.25. The van der Waals surface area contributed by atoms with Crippen molar-refractivity contribution in [2.24, 2.45) is 11.8 Å². The third kappa shape index (κ3) is 4.42. The molecular formula is C19H32O3. The summed E-state index contributed by atoms with van der Waals surface area (Å²) in [5.41, 5.74) is -0.436. The van der Waals surface area contributed by atoms with Crippen LogP contribution in [0.4, 0.5) is 0 Å². The third-order valence-electron chi connectivity index (χ3n) is 5.36. The van der Waals surface area contributed by atoms with Gasteiger partial charge in [-0.05, 0) is 26.2 Å². The van der Waals surface area contributed by atoms with Gasteiger partial charge in [-0.15, -0.1) is 0 Å². The largest absolute Gasteiger partial charge is 0.299 e. The third-order valence-corrected chi connectivity index (χ3v) is 5.36. The first-order valence-electron chi connectivity index (χ1n) is 9.11. The summed E-state index contributed by atoms with van der Waals surface area (Å²) in [7, 11) is 0. The van der Waals surface area contributed by atoms with Crippen molar-refractivity contribution in [2.45, 2.75) is 90.3 Å². The summed E-state index contributed by atoms with van der Waals surface area (Å²) in [6, 6.07) is 0. The second-order valence-corrected chi connectivity index (χ2v) is 7.25. The second kappa shape index (κ2) is 8.26. The van der Waals surface area contributed by atoms with E-state index >= 15 is 0 Å². The van der Waals surface area contributed by atoms with E-state index in [0.29, 0.717) is 12.2 Å². The first-order chi connectivity index (χ1) is 10.6. The van der Waals surface area contributed by atoms with Crippen LogP contribution in [0.15, 0.2) is 12.2 Å². The van der Waals surface area contributed by atoms with E-state index in [1.54, 1.807) is 0 Å². The predicted octanol–water partition coefficient (Wildman–Crippen LogP) is 5.00. The molecule has 1 aliphatic carbocycles. The maximum Gasteiger partial charge on any atom is 0.138 e. The van der Waals surface area contributed by atoms with Gasteiger partial charge in [-0.3, -0.25) is 4.79 Å². The minimum Gasteiger partial charge on any atom is -0.299 e. The van der Waals surface area contributed by atoms with Gasteiger partial charge in [-0.2, -0.15) is 0 Å². The molecule has 1 saturated carbocycles. The van der Waals surface area contributed by atoms with Gasteiger partial charge in [0.25, 0.3) is 0 Å². The Hall–Kier alpha value is -0.670. The molecule has 4 atom stereocenters. The van der Waals surface area contributed by atoms with Gasteiger partial charge >= 0.3 is 0 Å². The fourth-order valence-electron chi connectivity index (χ4n) is 3.52. The number of ketones is 1. The van der Waals surface area contributed by atoms with E-state index in [4.69, 9.17) is 9.78 Å². The van der Waals surface area contributed by atoms with Crippen molar-refractivity contribution in [1.82, 2.24) is 0 Å². The Labute approximate surface area is 135 Å². The summed E-state index contributed by atoms with van der Waals surface area (Å²) < 4.78 is 0. The minimum atomic E-state index is -0.436. The van der Waals surface area contributed by atoms with E-state index in [9.17, 15) is 4.79 Å². The molecule has 0 aromatic heterocycles. The highest BCUT2D eigenvalue weighted by Crippen LogP contribution is 2.42. The molecule has 0 N–H and O–H groups in total. The summed E-state index contributed by atoms with van der Waals surface area (Å²) in [5.74, 6) is 0.559.